The SMILES string of the molecule is CCC1CC[C@H]2COS(=O)(=O)N12. The van der Waals surface area contributed by atoms with Crippen LogP contribution < -0.4 is 0 Å². The second-order valence-corrected chi connectivity index (χ2v) is 4.88. The Morgan fingerprint density at radius 2 is 2.25 bits per heavy atom. The molecule has 0 bridgehead atoms. The standard InChI is InChI=1S/C7H13NO3S/c1-2-6-3-4-7-5-11-12(9,10)8(6)7/h6-7H,2-5H2,1H3/t6?,7-/m0/s1. The van der Waals surface area contributed by atoms with E-state index >= 15 is 0 Å². The molecule has 2 aliphatic heterocycles. The minimum Gasteiger partial charge on any atom is -0.256 e. The van der Waals surface area contributed by atoms with Crippen molar-refractivity contribution in [2.24, 2.45) is 0 Å². The number of hydrogen-bond acceptors (Lipinski definition) is 3. The molecule has 0 N–H and O–H groups in total. The fourth-order valence-electron chi connectivity index (χ4n) is 2.07. The average Bonchev–Trinajstić information content (AvgIpc) is 2.53. The molecule has 2 heterocycles. The van der Waals surface area contributed by atoms with Gasteiger partial charge in [-0.05, 0) is 19.3 Å². The third kappa shape index (κ3) is 1.08. The van der Waals surface area contributed by atoms with E-state index in [0.717, 1.165) is 19.3 Å². The minimum atomic E-state index is -3.35. The predicted octanol–water partition coefficient (Wildman–Crippen LogP) is 0.504. The number of hydrogen-bond donors (Lipinski definition) is 0. The summed E-state index contributed by atoms with van der Waals surface area (Å²) in [5.41, 5.74) is 0. The zero-order chi connectivity index (χ0) is 8.77. The summed E-state index contributed by atoms with van der Waals surface area (Å²) in [6, 6.07) is 0.308. The zero-order valence-corrected chi connectivity index (χ0v) is 7.88. The summed E-state index contributed by atoms with van der Waals surface area (Å²) in [5.74, 6) is 0. The first-order valence-electron chi connectivity index (χ1n) is 4.33. The normalized spacial score (nSPS) is 40.1. The Hall–Kier alpha value is -0.130. The smallest absolute Gasteiger partial charge is 0.256 e. The van der Waals surface area contributed by atoms with Crippen LogP contribution in [0.15, 0.2) is 0 Å². The Labute approximate surface area is 72.8 Å². The first-order valence-corrected chi connectivity index (χ1v) is 5.69. The van der Waals surface area contributed by atoms with Gasteiger partial charge in [-0.25, -0.2) is 0 Å². The van der Waals surface area contributed by atoms with Gasteiger partial charge in [-0.15, -0.1) is 0 Å². The Balaban J connectivity index is 2.28. The largest absolute Gasteiger partial charge is 0.339 e. The van der Waals surface area contributed by atoms with Crippen LogP contribution in [0.5, 0.6) is 0 Å². The maximum atomic E-state index is 11.3. The minimum absolute atomic E-state index is 0.125. The summed E-state index contributed by atoms with van der Waals surface area (Å²) in [7, 11) is -3.35. The van der Waals surface area contributed by atoms with Crippen molar-refractivity contribution >= 4 is 10.3 Å². The van der Waals surface area contributed by atoms with Gasteiger partial charge in [0.15, 0.2) is 0 Å². The molecule has 2 rings (SSSR count). The molecule has 5 heteroatoms. The van der Waals surface area contributed by atoms with E-state index in [0.29, 0.717) is 6.61 Å². The summed E-state index contributed by atoms with van der Waals surface area (Å²) >= 11 is 0. The molecule has 0 spiro atoms. The van der Waals surface area contributed by atoms with Crippen molar-refractivity contribution < 1.29 is 12.6 Å². The fourth-order valence-corrected chi connectivity index (χ4v) is 3.67. The molecule has 2 atom stereocenters. The Morgan fingerprint density at radius 3 is 2.92 bits per heavy atom. The quantitative estimate of drug-likeness (QED) is 0.606. The van der Waals surface area contributed by atoms with Gasteiger partial charge in [-0.2, -0.15) is 12.7 Å². The van der Waals surface area contributed by atoms with Crippen molar-refractivity contribution in [2.45, 2.75) is 38.3 Å². The predicted molar refractivity (Wildman–Crippen MR) is 43.8 cm³/mol. The van der Waals surface area contributed by atoms with E-state index in [4.69, 9.17) is 4.18 Å². The third-order valence-electron chi connectivity index (χ3n) is 2.69. The lowest BCUT2D eigenvalue weighted by atomic mass is 10.2. The molecule has 70 valence electrons. The molecule has 0 radical (unpaired) electrons. The van der Waals surface area contributed by atoms with Crippen molar-refractivity contribution in [2.75, 3.05) is 6.61 Å². The van der Waals surface area contributed by atoms with Gasteiger partial charge in [-0.3, -0.25) is 4.18 Å². The molecule has 2 aliphatic rings. The van der Waals surface area contributed by atoms with E-state index < -0.39 is 10.3 Å². The van der Waals surface area contributed by atoms with Crippen molar-refractivity contribution in [3.63, 3.8) is 0 Å². The van der Waals surface area contributed by atoms with Crippen LogP contribution in [0.1, 0.15) is 26.2 Å². The van der Waals surface area contributed by atoms with Gasteiger partial charge in [0, 0.05) is 6.04 Å². The first-order chi connectivity index (χ1) is 5.65. The van der Waals surface area contributed by atoms with Crippen LogP contribution in [0.25, 0.3) is 0 Å². The van der Waals surface area contributed by atoms with E-state index in [1.807, 2.05) is 6.92 Å². The number of rotatable bonds is 1. The van der Waals surface area contributed by atoms with Gasteiger partial charge in [0.05, 0.1) is 12.6 Å². The summed E-state index contributed by atoms with van der Waals surface area (Å²) in [6.07, 6.45) is 2.83. The second-order valence-electron chi connectivity index (χ2n) is 3.37. The van der Waals surface area contributed by atoms with Gasteiger partial charge in [0.1, 0.15) is 0 Å². The number of nitrogens with zero attached hydrogens (tertiary/aromatic N) is 1. The topological polar surface area (TPSA) is 46.6 Å². The molecular weight excluding hydrogens is 178 g/mol. The summed E-state index contributed by atoms with van der Waals surface area (Å²) < 4.78 is 28.9. The van der Waals surface area contributed by atoms with Gasteiger partial charge in [0.25, 0.3) is 0 Å². The van der Waals surface area contributed by atoms with Crippen molar-refractivity contribution in [3.05, 3.63) is 0 Å². The summed E-state index contributed by atoms with van der Waals surface area (Å²) in [5, 5.41) is 0. The molecule has 0 aromatic rings. The monoisotopic (exact) mass is 191 g/mol. The third-order valence-corrected chi connectivity index (χ3v) is 4.24. The number of fused-ring (bicyclic) bond motifs is 1. The summed E-state index contributed by atoms with van der Waals surface area (Å²) in [4.78, 5) is 0. The average molecular weight is 191 g/mol. The Morgan fingerprint density at radius 1 is 1.50 bits per heavy atom. The molecule has 0 saturated carbocycles. The molecule has 0 aromatic carbocycles. The highest BCUT2D eigenvalue weighted by molar-refractivity contribution is 7.84. The van der Waals surface area contributed by atoms with Crippen LogP contribution in [0, 0.1) is 0 Å². The van der Waals surface area contributed by atoms with Crippen molar-refractivity contribution in [1.29, 1.82) is 0 Å². The van der Waals surface area contributed by atoms with Crippen molar-refractivity contribution in [3.8, 4) is 0 Å². The van der Waals surface area contributed by atoms with Crippen LogP contribution in [0.3, 0.4) is 0 Å². The zero-order valence-electron chi connectivity index (χ0n) is 7.06. The van der Waals surface area contributed by atoms with Crippen molar-refractivity contribution in [1.82, 2.24) is 4.31 Å². The molecule has 0 amide bonds. The lowest BCUT2D eigenvalue weighted by Gasteiger charge is -2.18. The maximum absolute atomic E-state index is 11.3. The van der Waals surface area contributed by atoms with Crippen LogP contribution in [0.2, 0.25) is 0 Å². The lowest BCUT2D eigenvalue weighted by Crippen LogP contribution is -2.35. The van der Waals surface area contributed by atoms with E-state index in [2.05, 4.69) is 0 Å². The van der Waals surface area contributed by atoms with Gasteiger partial charge in [0.2, 0.25) is 0 Å². The van der Waals surface area contributed by atoms with E-state index in [-0.39, 0.29) is 12.1 Å². The summed E-state index contributed by atoms with van der Waals surface area (Å²) in [6.45, 7) is 2.37. The van der Waals surface area contributed by atoms with E-state index in [9.17, 15) is 8.42 Å². The molecular formula is C7H13NO3S. The molecule has 0 aromatic heterocycles. The maximum Gasteiger partial charge on any atom is 0.339 e. The van der Waals surface area contributed by atoms with Crippen LogP contribution >= 0.6 is 0 Å². The molecule has 2 fully saturated rings. The molecule has 1 unspecified atom stereocenters. The van der Waals surface area contributed by atoms with E-state index in [1.165, 1.54) is 0 Å². The lowest BCUT2D eigenvalue weighted by molar-refractivity contribution is 0.324. The van der Waals surface area contributed by atoms with Crippen LogP contribution in [0.4, 0.5) is 0 Å². The molecule has 0 aliphatic carbocycles. The highest BCUT2D eigenvalue weighted by Crippen LogP contribution is 2.34. The highest BCUT2D eigenvalue weighted by Gasteiger charge is 2.46. The Kier molecular flexibility index (Phi) is 1.89. The van der Waals surface area contributed by atoms with Gasteiger partial charge >= 0.3 is 10.3 Å². The van der Waals surface area contributed by atoms with E-state index in [1.54, 1.807) is 4.31 Å². The second kappa shape index (κ2) is 2.68. The van der Waals surface area contributed by atoms with Gasteiger partial charge < -0.3 is 0 Å². The fraction of sp³-hybridized carbons (Fsp3) is 1.00. The Bertz CT molecular complexity index is 274. The first kappa shape index (κ1) is 8.47. The van der Waals surface area contributed by atoms with Crippen LogP contribution in [-0.2, 0) is 14.5 Å². The van der Waals surface area contributed by atoms with Crippen LogP contribution in [-0.4, -0.2) is 31.4 Å². The highest BCUT2D eigenvalue weighted by atomic mass is 32.2. The molecule has 4 nitrogen and oxygen atoms in total. The molecule has 2 saturated heterocycles. The van der Waals surface area contributed by atoms with Gasteiger partial charge in [-0.1, -0.05) is 6.92 Å². The molecule has 12 heavy (non-hydrogen) atoms.